The van der Waals surface area contributed by atoms with Crippen molar-refractivity contribution in [2.24, 2.45) is 0 Å². The molecule has 25 heavy (non-hydrogen) atoms. The van der Waals surface area contributed by atoms with Gasteiger partial charge in [0.05, 0.1) is 13.2 Å². The van der Waals surface area contributed by atoms with Gasteiger partial charge in [0.2, 0.25) is 0 Å². The second-order valence-electron chi connectivity index (χ2n) is 5.44. The molecule has 2 rings (SSSR count). The third-order valence-corrected chi connectivity index (χ3v) is 3.52. The molecule has 2 aromatic rings. The molecule has 0 unspecified atom stereocenters. The van der Waals surface area contributed by atoms with Crippen LogP contribution in [0, 0.1) is 5.82 Å². The number of ether oxygens (including phenoxy) is 3. The maximum Gasteiger partial charge on any atom is 0.306 e. The van der Waals surface area contributed by atoms with Gasteiger partial charge in [-0.25, -0.2) is 4.39 Å². The summed E-state index contributed by atoms with van der Waals surface area (Å²) in [6.07, 6.45) is 0.671. The molecule has 0 radical (unpaired) electrons. The summed E-state index contributed by atoms with van der Waals surface area (Å²) < 4.78 is 30.0. The molecule has 134 valence electrons. The minimum absolute atomic E-state index is 0.182. The van der Waals surface area contributed by atoms with Crippen LogP contribution in [-0.4, -0.2) is 19.2 Å². The van der Waals surface area contributed by atoms with E-state index in [0.29, 0.717) is 19.6 Å². The first kappa shape index (κ1) is 18.8. The van der Waals surface area contributed by atoms with E-state index in [4.69, 9.17) is 14.2 Å². The van der Waals surface area contributed by atoms with Crippen LogP contribution in [0.25, 0.3) is 0 Å². The third-order valence-electron chi connectivity index (χ3n) is 3.52. The Hall–Kier alpha value is -2.56. The summed E-state index contributed by atoms with van der Waals surface area (Å²) >= 11 is 0. The van der Waals surface area contributed by atoms with Crippen molar-refractivity contribution in [1.29, 1.82) is 0 Å². The minimum atomic E-state index is -0.442. The lowest BCUT2D eigenvalue weighted by molar-refractivity contribution is -0.143. The molecule has 2 aromatic carbocycles. The van der Waals surface area contributed by atoms with Gasteiger partial charge in [0.1, 0.15) is 12.4 Å². The minimum Gasteiger partial charge on any atom is -0.494 e. The van der Waals surface area contributed by atoms with Gasteiger partial charge in [-0.3, -0.25) is 4.79 Å². The van der Waals surface area contributed by atoms with E-state index in [1.165, 1.54) is 6.07 Å². The Morgan fingerprint density at radius 1 is 1.00 bits per heavy atom. The molecule has 0 saturated heterocycles. The van der Waals surface area contributed by atoms with E-state index in [2.05, 4.69) is 0 Å². The summed E-state index contributed by atoms with van der Waals surface area (Å²) in [6, 6.07) is 12.2. The fraction of sp³-hybridized carbons (Fsp3) is 0.350. The number of hydrogen-bond acceptors (Lipinski definition) is 4. The second-order valence-corrected chi connectivity index (χ2v) is 5.44. The maximum atomic E-state index is 14.2. The first-order valence-corrected chi connectivity index (χ1v) is 8.41. The van der Waals surface area contributed by atoms with Crippen molar-refractivity contribution in [3.8, 4) is 11.5 Å². The molecule has 0 aromatic heterocycles. The Labute approximate surface area is 147 Å². The monoisotopic (exact) mass is 346 g/mol. The molecule has 4 nitrogen and oxygen atoms in total. The van der Waals surface area contributed by atoms with Crippen LogP contribution in [-0.2, 0) is 22.6 Å². The molecule has 0 atom stereocenters. The summed E-state index contributed by atoms with van der Waals surface area (Å²) in [4.78, 5) is 11.4. The van der Waals surface area contributed by atoms with Crippen molar-refractivity contribution < 1.29 is 23.4 Å². The zero-order chi connectivity index (χ0) is 18.1. The summed E-state index contributed by atoms with van der Waals surface area (Å²) in [6.45, 7) is 4.87. The predicted molar refractivity (Wildman–Crippen MR) is 93.3 cm³/mol. The Kier molecular flexibility index (Phi) is 7.26. The Bertz CT molecular complexity index is 700. The van der Waals surface area contributed by atoms with Crippen LogP contribution in [0.2, 0.25) is 0 Å². The molecule has 0 saturated carbocycles. The predicted octanol–water partition coefficient (Wildman–Crippen LogP) is 4.30. The molecule has 0 spiro atoms. The fourth-order valence-electron chi connectivity index (χ4n) is 2.35. The van der Waals surface area contributed by atoms with E-state index in [9.17, 15) is 9.18 Å². The van der Waals surface area contributed by atoms with Gasteiger partial charge in [-0.2, -0.15) is 0 Å². The molecule has 0 aliphatic carbocycles. The first-order valence-electron chi connectivity index (χ1n) is 8.41. The van der Waals surface area contributed by atoms with E-state index in [1.807, 2.05) is 31.2 Å². The zero-order valence-electron chi connectivity index (χ0n) is 14.6. The maximum absolute atomic E-state index is 14.2. The average molecular weight is 346 g/mol. The van der Waals surface area contributed by atoms with Crippen LogP contribution in [0.15, 0.2) is 42.5 Å². The highest BCUT2D eigenvalue weighted by Crippen LogP contribution is 2.21. The largest absolute Gasteiger partial charge is 0.494 e. The van der Waals surface area contributed by atoms with Crippen LogP contribution in [0.4, 0.5) is 4.39 Å². The number of esters is 1. The topological polar surface area (TPSA) is 44.8 Å². The van der Waals surface area contributed by atoms with Crippen molar-refractivity contribution >= 4 is 5.97 Å². The lowest BCUT2D eigenvalue weighted by Crippen LogP contribution is -2.05. The van der Waals surface area contributed by atoms with E-state index < -0.39 is 5.82 Å². The van der Waals surface area contributed by atoms with Crippen molar-refractivity contribution in [3.05, 3.63) is 59.4 Å². The van der Waals surface area contributed by atoms with Gasteiger partial charge in [-0.05, 0) is 55.7 Å². The second kappa shape index (κ2) is 9.67. The van der Waals surface area contributed by atoms with Gasteiger partial charge in [0.25, 0.3) is 0 Å². The highest BCUT2D eigenvalue weighted by Gasteiger charge is 2.08. The molecule has 0 aliphatic rings. The summed E-state index contributed by atoms with van der Waals surface area (Å²) in [5, 5.41) is 0. The number of rotatable bonds is 9. The lowest BCUT2D eigenvalue weighted by Gasteiger charge is -2.10. The SMILES string of the molecule is CCOC(=O)CCc1ccc(OCc2cccc(OCC)c2)c(F)c1. The molecule has 0 amide bonds. The normalized spacial score (nSPS) is 10.4. The molecule has 0 N–H and O–H groups in total. The number of halogens is 1. The van der Waals surface area contributed by atoms with E-state index in [1.54, 1.807) is 19.1 Å². The van der Waals surface area contributed by atoms with E-state index in [-0.39, 0.29) is 24.7 Å². The van der Waals surface area contributed by atoms with Crippen LogP contribution in [0.1, 0.15) is 31.4 Å². The average Bonchev–Trinajstić information content (AvgIpc) is 2.60. The Balaban J connectivity index is 1.92. The van der Waals surface area contributed by atoms with Crippen LogP contribution in [0.3, 0.4) is 0 Å². The quantitative estimate of drug-likeness (QED) is 0.635. The molecular formula is C20H23FO4. The van der Waals surface area contributed by atoms with E-state index >= 15 is 0 Å². The van der Waals surface area contributed by atoms with Gasteiger partial charge in [0, 0.05) is 6.42 Å². The number of aryl methyl sites for hydroxylation is 1. The van der Waals surface area contributed by atoms with Crippen LogP contribution < -0.4 is 9.47 Å². The van der Waals surface area contributed by atoms with Crippen LogP contribution in [0.5, 0.6) is 11.5 Å². The number of carbonyl (C=O) groups excluding carboxylic acids is 1. The van der Waals surface area contributed by atoms with Crippen molar-refractivity contribution in [2.75, 3.05) is 13.2 Å². The van der Waals surface area contributed by atoms with Crippen LogP contribution >= 0.6 is 0 Å². The first-order chi connectivity index (χ1) is 12.1. The molecule has 0 fully saturated rings. The van der Waals surface area contributed by atoms with Crippen molar-refractivity contribution in [1.82, 2.24) is 0 Å². The highest BCUT2D eigenvalue weighted by molar-refractivity contribution is 5.69. The Morgan fingerprint density at radius 3 is 2.56 bits per heavy atom. The van der Waals surface area contributed by atoms with Gasteiger partial charge >= 0.3 is 5.97 Å². The highest BCUT2D eigenvalue weighted by atomic mass is 19.1. The molecule has 5 heteroatoms. The molecule has 0 bridgehead atoms. The van der Waals surface area contributed by atoms with Gasteiger partial charge < -0.3 is 14.2 Å². The lowest BCUT2D eigenvalue weighted by atomic mass is 10.1. The van der Waals surface area contributed by atoms with Gasteiger partial charge in [-0.15, -0.1) is 0 Å². The summed E-state index contributed by atoms with van der Waals surface area (Å²) in [5.41, 5.74) is 1.63. The van der Waals surface area contributed by atoms with Crippen molar-refractivity contribution in [2.45, 2.75) is 33.3 Å². The fourth-order valence-corrected chi connectivity index (χ4v) is 2.35. The Morgan fingerprint density at radius 2 is 1.84 bits per heavy atom. The zero-order valence-corrected chi connectivity index (χ0v) is 14.6. The molecular weight excluding hydrogens is 323 g/mol. The standard InChI is InChI=1S/C20H23FO4/c1-3-23-17-7-5-6-16(12-17)14-25-19-10-8-15(13-18(19)21)9-11-20(22)24-4-2/h5-8,10,12-13H,3-4,9,11,14H2,1-2H3. The molecule has 0 aliphatic heterocycles. The number of benzene rings is 2. The third kappa shape index (κ3) is 6.10. The van der Waals surface area contributed by atoms with Gasteiger partial charge in [-0.1, -0.05) is 18.2 Å². The van der Waals surface area contributed by atoms with E-state index in [0.717, 1.165) is 16.9 Å². The summed E-state index contributed by atoms with van der Waals surface area (Å²) in [7, 11) is 0. The summed E-state index contributed by atoms with van der Waals surface area (Å²) in [5.74, 6) is 0.222. The smallest absolute Gasteiger partial charge is 0.306 e. The number of carbonyl (C=O) groups is 1. The van der Waals surface area contributed by atoms with Crippen molar-refractivity contribution in [3.63, 3.8) is 0 Å². The van der Waals surface area contributed by atoms with Gasteiger partial charge in [0.15, 0.2) is 11.6 Å². The molecule has 0 heterocycles. The number of hydrogen-bond donors (Lipinski definition) is 0.